The third kappa shape index (κ3) is 4.65. The van der Waals surface area contributed by atoms with Crippen molar-refractivity contribution in [1.29, 1.82) is 5.41 Å². The highest BCUT2D eigenvalue weighted by molar-refractivity contribution is 5.79. The molecule has 88 valence electrons. The molecule has 1 rings (SSSR count). The maximum Gasteiger partial charge on any atom is 0.0949 e. The summed E-state index contributed by atoms with van der Waals surface area (Å²) in [6, 6.07) is 0. The molecule has 0 aliphatic carbocycles. The fraction of sp³-hybridized carbons (Fsp3) is 0.917. The van der Waals surface area contributed by atoms with Gasteiger partial charge in [0.2, 0.25) is 0 Å². The summed E-state index contributed by atoms with van der Waals surface area (Å²) in [6.07, 6.45) is 7.62. The lowest BCUT2D eigenvalue weighted by molar-refractivity contribution is 0.199. The highest BCUT2D eigenvalue weighted by Crippen LogP contribution is 2.16. The van der Waals surface area contributed by atoms with E-state index in [9.17, 15) is 0 Å². The second kappa shape index (κ2) is 6.83. The molecule has 0 aromatic heterocycles. The van der Waals surface area contributed by atoms with Crippen LogP contribution in [0.2, 0.25) is 0 Å². The largest absolute Gasteiger partial charge is 0.387 e. The first-order valence-corrected chi connectivity index (χ1v) is 6.30. The predicted octanol–water partition coefficient (Wildman–Crippen LogP) is 2.21. The van der Waals surface area contributed by atoms with Gasteiger partial charge in [0.05, 0.1) is 5.84 Å². The van der Waals surface area contributed by atoms with E-state index in [4.69, 9.17) is 11.1 Å². The van der Waals surface area contributed by atoms with Crippen molar-refractivity contribution in [3.8, 4) is 0 Å². The van der Waals surface area contributed by atoms with Gasteiger partial charge in [0.15, 0.2) is 0 Å². The van der Waals surface area contributed by atoms with Crippen LogP contribution in [-0.2, 0) is 0 Å². The van der Waals surface area contributed by atoms with E-state index in [0.717, 1.165) is 13.0 Å². The quantitative estimate of drug-likeness (QED) is 0.402. The Labute approximate surface area is 93.5 Å². The zero-order valence-electron chi connectivity index (χ0n) is 9.97. The number of hydrogen-bond acceptors (Lipinski definition) is 2. The van der Waals surface area contributed by atoms with Crippen LogP contribution in [-0.4, -0.2) is 30.4 Å². The fourth-order valence-corrected chi connectivity index (χ4v) is 2.27. The predicted molar refractivity (Wildman–Crippen MR) is 65.2 cm³/mol. The first-order valence-electron chi connectivity index (χ1n) is 6.30. The SMILES string of the molecule is CCCCCCN1CCCC(C(=N)N)C1. The molecule has 0 aromatic rings. The molecule has 1 fully saturated rings. The number of nitrogens with two attached hydrogens (primary N) is 1. The van der Waals surface area contributed by atoms with Gasteiger partial charge < -0.3 is 10.6 Å². The molecular formula is C12H25N3. The molecule has 1 atom stereocenters. The Bertz CT molecular complexity index is 191. The lowest BCUT2D eigenvalue weighted by Gasteiger charge is -2.32. The van der Waals surface area contributed by atoms with Gasteiger partial charge in [0, 0.05) is 12.5 Å². The number of nitrogens with zero attached hydrogens (tertiary/aromatic N) is 1. The van der Waals surface area contributed by atoms with Gasteiger partial charge >= 0.3 is 0 Å². The van der Waals surface area contributed by atoms with E-state index >= 15 is 0 Å². The number of likely N-dealkylation sites (tertiary alicyclic amines) is 1. The average Bonchev–Trinajstić information content (AvgIpc) is 2.25. The maximum atomic E-state index is 7.47. The number of amidine groups is 1. The van der Waals surface area contributed by atoms with Crippen LogP contribution in [0.1, 0.15) is 45.4 Å². The minimum Gasteiger partial charge on any atom is -0.387 e. The second-order valence-corrected chi connectivity index (χ2v) is 4.66. The summed E-state index contributed by atoms with van der Waals surface area (Å²) in [5.74, 6) is 0.707. The molecule has 1 saturated heterocycles. The third-order valence-electron chi connectivity index (χ3n) is 3.27. The molecule has 1 aliphatic heterocycles. The maximum absolute atomic E-state index is 7.47. The molecule has 0 radical (unpaired) electrons. The summed E-state index contributed by atoms with van der Waals surface area (Å²) >= 11 is 0. The van der Waals surface area contributed by atoms with Crippen molar-refractivity contribution in [2.24, 2.45) is 11.7 Å². The van der Waals surface area contributed by atoms with E-state index in [-0.39, 0.29) is 0 Å². The smallest absolute Gasteiger partial charge is 0.0949 e. The summed E-state index contributed by atoms with van der Waals surface area (Å²) in [6.45, 7) is 5.66. The zero-order chi connectivity index (χ0) is 11.1. The molecule has 1 unspecified atom stereocenters. The number of piperidine rings is 1. The van der Waals surface area contributed by atoms with E-state index in [1.807, 2.05) is 0 Å². The highest BCUT2D eigenvalue weighted by Gasteiger charge is 2.21. The monoisotopic (exact) mass is 211 g/mol. The van der Waals surface area contributed by atoms with Crippen molar-refractivity contribution in [2.45, 2.75) is 45.4 Å². The first-order chi connectivity index (χ1) is 7.24. The third-order valence-corrected chi connectivity index (χ3v) is 3.27. The molecular weight excluding hydrogens is 186 g/mol. The van der Waals surface area contributed by atoms with Gasteiger partial charge in [-0.3, -0.25) is 5.41 Å². The van der Waals surface area contributed by atoms with Crippen LogP contribution in [0.15, 0.2) is 0 Å². The Balaban J connectivity index is 2.15. The van der Waals surface area contributed by atoms with Gasteiger partial charge in [-0.15, -0.1) is 0 Å². The first kappa shape index (κ1) is 12.5. The topological polar surface area (TPSA) is 53.1 Å². The molecule has 3 nitrogen and oxygen atoms in total. The van der Waals surface area contributed by atoms with Gasteiger partial charge in [-0.2, -0.15) is 0 Å². The summed E-state index contributed by atoms with van der Waals surface area (Å²) in [5, 5.41) is 7.47. The van der Waals surface area contributed by atoms with Crippen LogP contribution in [0.5, 0.6) is 0 Å². The number of unbranched alkanes of at least 4 members (excludes halogenated alkanes) is 3. The van der Waals surface area contributed by atoms with E-state index < -0.39 is 0 Å². The number of hydrogen-bond donors (Lipinski definition) is 2. The van der Waals surface area contributed by atoms with Gasteiger partial charge in [-0.1, -0.05) is 26.2 Å². The van der Waals surface area contributed by atoms with Gasteiger partial charge in [0.1, 0.15) is 0 Å². The highest BCUT2D eigenvalue weighted by atomic mass is 15.1. The minimum absolute atomic E-state index is 0.324. The van der Waals surface area contributed by atoms with Crippen LogP contribution in [0.25, 0.3) is 0 Å². The summed E-state index contributed by atoms with van der Waals surface area (Å²) in [4.78, 5) is 2.48. The molecule has 3 N–H and O–H groups in total. The number of rotatable bonds is 6. The summed E-state index contributed by atoms with van der Waals surface area (Å²) in [5.41, 5.74) is 5.56. The second-order valence-electron chi connectivity index (χ2n) is 4.66. The van der Waals surface area contributed by atoms with E-state index in [0.29, 0.717) is 11.8 Å². The van der Waals surface area contributed by atoms with Crippen molar-refractivity contribution in [2.75, 3.05) is 19.6 Å². The Hall–Kier alpha value is -0.570. The van der Waals surface area contributed by atoms with Crippen molar-refractivity contribution in [1.82, 2.24) is 4.90 Å². The Morgan fingerprint density at radius 2 is 2.20 bits per heavy atom. The summed E-state index contributed by atoms with van der Waals surface area (Å²) < 4.78 is 0. The molecule has 1 aliphatic rings. The molecule has 1 heterocycles. The lowest BCUT2D eigenvalue weighted by atomic mass is 9.97. The average molecular weight is 211 g/mol. The molecule has 0 spiro atoms. The Kier molecular flexibility index (Phi) is 5.69. The van der Waals surface area contributed by atoms with Crippen LogP contribution in [0, 0.1) is 11.3 Å². The molecule has 0 saturated carbocycles. The minimum atomic E-state index is 0.324. The molecule has 0 amide bonds. The molecule has 15 heavy (non-hydrogen) atoms. The van der Waals surface area contributed by atoms with Gasteiger partial charge in [-0.25, -0.2) is 0 Å². The molecule has 3 heteroatoms. The Morgan fingerprint density at radius 3 is 2.87 bits per heavy atom. The molecule has 0 aromatic carbocycles. The fourth-order valence-electron chi connectivity index (χ4n) is 2.27. The van der Waals surface area contributed by atoms with E-state index in [1.54, 1.807) is 0 Å². The lowest BCUT2D eigenvalue weighted by Crippen LogP contribution is -2.41. The normalized spacial score (nSPS) is 22.9. The Morgan fingerprint density at radius 1 is 1.40 bits per heavy atom. The van der Waals surface area contributed by atoms with Crippen LogP contribution >= 0.6 is 0 Å². The van der Waals surface area contributed by atoms with E-state index in [2.05, 4.69) is 11.8 Å². The van der Waals surface area contributed by atoms with Crippen LogP contribution in [0.4, 0.5) is 0 Å². The van der Waals surface area contributed by atoms with Crippen LogP contribution in [0.3, 0.4) is 0 Å². The van der Waals surface area contributed by atoms with Gasteiger partial charge in [-0.05, 0) is 32.4 Å². The standard InChI is InChI=1S/C12H25N3/c1-2-3-4-5-8-15-9-6-7-11(10-15)12(13)14/h11H,2-10H2,1H3,(H3,13,14). The van der Waals surface area contributed by atoms with Crippen LogP contribution < -0.4 is 5.73 Å². The van der Waals surface area contributed by atoms with Gasteiger partial charge in [0.25, 0.3) is 0 Å². The number of nitrogens with one attached hydrogen (secondary N) is 1. The van der Waals surface area contributed by atoms with Crippen molar-refractivity contribution >= 4 is 5.84 Å². The van der Waals surface area contributed by atoms with E-state index in [1.165, 1.54) is 45.2 Å². The molecule has 0 bridgehead atoms. The van der Waals surface area contributed by atoms with Crippen molar-refractivity contribution in [3.05, 3.63) is 0 Å². The summed E-state index contributed by atoms with van der Waals surface area (Å²) in [7, 11) is 0. The zero-order valence-corrected chi connectivity index (χ0v) is 9.97. The van der Waals surface area contributed by atoms with Crippen molar-refractivity contribution < 1.29 is 0 Å². The van der Waals surface area contributed by atoms with Crippen molar-refractivity contribution in [3.63, 3.8) is 0 Å².